The van der Waals surface area contributed by atoms with Gasteiger partial charge >= 0.3 is 0 Å². The van der Waals surface area contributed by atoms with Crippen LogP contribution in [-0.2, 0) is 4.74 Å². The van der Waals surface area contributed by atoms with E-state index >= 15 is 0 Å². The molecule has 0 aliphatic carbocycles. The molecule has 102 valence electrons. The van der Waals surface area contributed by atoms with Gasteiger partial charge in [-0.25, -0.2) is 0 Å². The van der Waals surface area contributed by atoms with Crippen LogP contribution in [-0.4, -0.2) is 24.8 Å². The second-order valence-corrected chi connectivity index (χ2v) is 6.72. The van der Waals surface area contributed by atoms with Crippen molar-refractivity contribution in [1.29, 1.82) is 0 Å². The minimum absolute atomic E-state index is 0.427. The number of nitrogens with one attached hydrogen (secondary N) is 1. The van der Waals surface area contributed by atoms with Gasteiger partial charge in [-0.1, -0.05) is 27.7 Å². The summed E-state index contributed by atoms with van der Waals surface area (Å²) in [5, 5.41) is 3.68. The summed E-state index contributed by atoms with van der Waals surface area (Å²) in [7, 11) is 0. The maximum absolute atomic E-state index is 6.02. The molecular formula is C15H31NO. The molecule has 1 aliphatic rings. The van der Waals surface area contributed by atoms with Crippen LogP contribution in [0.25, 0.3) is 0 Å². The molecule has 1 aliphatic heterocycles. The first-order chi connectivity index (χ1) is 7.92. The van der Waals surface area contributed by atoms with Crippen LogP contribution in [0, 0.1) is 5.41 Å². The zero-order valence-electron chi connectivity index (χ0n) is 12.4. The van der Waals surface area contributed by atoms with Crippen LogP contribution < -0.4 is 5.32 Å². The summed E-state index contributed by atoms with van der Waals surface area (Å²) in [5.74, 6) is 0. The van der Waals surface area contributed by atoms with Gasteiger partial charge in [0.25, 0.3) is 0 Å². The Balaban J connectivity index is 2.42. The zero-order chi connectivity index (χ0) is 12.9. The molecule has 1 heterocycles. The van der Waals surface area contributed by atoms with Crippen molar-refractivity contribution >= 4 is 0 Å². The van der Waals surface area contributed by atoms with Crippen molar-refractivity contribution in [2.45, 2.75) is 85.0 Å². The highest BCUT2D eigenvalue weighted by molar-refractivity contribution is 4.84. The maximum Gasteiger partial charge on any atom is 0.0732 e. The lowest BCUT2D eigenvalue weighted by Crippen LogP contribution is -2.41. The lowest BCUT2D eigenvalue weighted by atomic mass is 9.87. The van der Waals surface area contributed by atoms with E-state index in [0.29, 0.717) is 23.7 Å². The first kappa shape index (κ1) is 15.0. The van der Waals surface area contributed by atoms with E-state index in [2.05, 4.69) is 39.9 Å². The molecule has 1 rings (SSSR count). The molecule has 1 N–H and O–H groups in total. The summed E-state index contributed by atoms with van der Waals surface area (Å²) in [6, 6.07) is 0.555. The van der Waals surface area contributed by atoms with Crippen molar-refractivity contribution in [2.75, 3.05) is 6.54 Å². The fourth-order valence-corrected chi connectivity index (χ4v) is 2.47. The molecule has 1 saturated heterocycles. The van der Waals surface area contributed by atoms with E-state index in [9.17, 15) is 0 Å². The summed E-state index contributed by atoms with van der Waals surface area (Å²) >= 11 is 0. The average molecular weight is 241 g/mol. The number of ether oxygens (including phenoxy) is 1. The van der Waals surface area contributed by atoms with E-state index in [-0.39, 0.29) is 0 Å². The zero-order valence-corrected chi connectivity index (χ0v) is 12.4. The Kier molecular flexibility index (Phi) is 5.94. The molecule has 0 aromatic heterocycles. The van der Waals surface area contributed by atoms with Crippen molar-refractivity contribution in [2.24, 2.45) is 5.41 Å². The van der Waals surface area contributed by atoms with Gasteiger partial charge in [-0.05, 0) is 51.0 Å². The average Bonchev–Trinajstić information content (AvgIpc) is 2.63. The summed E-state index contributed by atoms with van der Waals surface area (Å²) in [4.78, 5) is 0. The fourth-order valence-electron chi connectivity index (χ4n) is 2.47. The van der Waals surface area contributed by atoms with Gasteiger partial charge in [-0.15, -0.1) is 0 Å². The quantitative estimate of drug-likeness (QED) is 0.764. The van der Waals surface area contributed by atoms with Gasteiger partial charge in [-0.2, -0.15) is 0 Å². The molecule has 0 bridgehead atoms. The van der Waals surface area contributed by atoms with Crippen LogP contribution in [0.1, 0.15) is 66.7 Å². The molecular weight excluding hydrogens is 210 g/mol. The highest BCUT2D eigenvalue weighted by atomic mass is 16.5. The Hall–Kier alpha value is -0.0800. The standard InChI is InChI=1S/C15H31NO/c1-6-11-16-13(9-10-15(3,4)5)14-8-7-12(2)17-14/h12-14,16H,6-11H2,1-5H3. The van der Waals surface area contributed by atoms with Gasteiger partial charge < -0.3 is 10.1 Å². The summed E-state index contributed by atoms with van der Waals surface area (Å²) < 4.78 is 6.02. The van der Waals surface area contributed by atoms with Gasteiger partial charge in [0.1, 0.15) is 0 Å². The van der Waals surface area contributed by atoms with E-state index in [1.54, 1.807) is 0 Å². The molecule has 0 spiro atoms. The molecule has 0 radical (unpaired) electrons. The summed E-state index contributed by atoms with van der Waals surface area (Å²) in [6.07, 6.45) is 7.06. The molecule has 0 saturated carbocycles. The van der Waals surface area contributed by atoms with Crippen molar-refractivity contribution in [3.8, 4) is 0 Å². The Bertz CT molecular complexity index is 209. The molecule has 0 aromatic rings. The third-order valence-electron chi connectivity index (χ3n) is 3.58. The lowest BCUT2D eigenvalue weighted by molar-refractivity contribution is 0.0277. The lowest BCUT2D eigenvalue weighted by Gasteiger charge is -2.28. The molecule has 0 amide bonds. The number of hydrogen-bond donors (Lipinski definition) is 1. The maximum atomic E-state index is 6.02. The van der Waals surface area contributed by atoms with Crippen LogP contribution in [0.5, 0.6) is 0 Å². The highest BCUT2D eigenvalue weighted by Crippen LogP contribution is 2.27. The van der Waals surface area contributed by atoms with Gasteiger partial charge in [0.05, 0.1) is 12.2 Å². The largest absolute Gasteiger partial charge is 0.374 e. The van der Waals surface area contributed by atoms with Crippen molar-refractivity contribution < 1.29 is 4.74 Å². The SMILES string of the molecule is CCCNC(CCC(C)(C)C)C1CCC(C)O1. The van der Waals surface area contributed by atoms with E-state index in [4.69, 9.17) is 4.74 Å². The molecule has 3 unspecified atom stereocenters. The van der Waals surface area contributed by atoms with E-state index in [1.807, 2.05) is 0 Å². The molecule has 17 heavy (non-hydrogen) atoms. The van der Waals surface area contributed by atoms with Crippen LogP contribution >= 0.6 is 0 Å². The Morgan fingerprint density at radius 2 is 2.00 bits per heavy atom. The van der Waals surface area contributed by atoms with Gasteiger partial charge in [-0.3, -0.25) is 0 Å². The molecule has 2 heteroatoms. The first-order valence-corrected chi connectivity index (χ1v) is 7.31. The Morgan fingerprint density at radius 3 is 2.47 bits per heavy atom. The summed E-state index contributed by atoms with van der Waals surface area (Å²) in [5.41, 5.74) is 0.427. The monoisotopic (exact) mass is 241 g/mol. The smallest absolute Gasteiger partial charge is 0.0732 e. The van der Waals surface area contributed by atoms with Crippen LogP contribution in [0.15, 0.2) is 0 Å². The van der Waals surface area contributed by atoms with Crippen molar-refractivity contribution in [3.63, 3.8) is 0 Å². The first-order valence-electron chi connectivity index (χ1n) is 7.31. The topological polar surface area (TPSA) is 21.3 Å². The number of rotatable bonds is 6. The molecule has 1 fully saturated rings. The van der Waals surface area contributed by atoms with Crippen LogP contribution in [0.3, 0.4) is 0 Å². The Labute approximate surface area is 108 Å². The highest BCUT2D eigenvalue weighted by Gasteiger charge is 2.29. The third kappa shape index (κ3) is 5.87. The normalized spacial score (nSPS) is 27.4. The molecule has 2 nitrogen and oxygen atoms in total. The van der Waals surface area contributed by atoms with E-state index in [1.165, 1.54) is 32.1 Å². The van der Waals surface area contributed by atoms with Crippen LogP contribution in [0.2, 0.25) is 0 Å². The minimum Gasteiger partial charge on any atom is -0.374 e. The Morgan fingerprint density at radius 1 is 1.29 bits per heavy atom. The summed E-state index contributed by atoms with van der Waals surface area (Å²) in [6.45, 7) is 12.5. The minimum atomic E-state index is 0.427. The van der Waals surface area contributed by atoms with Gasteiger partial charge in [0.15, 0.2) is 0 Å². The predicted octanol–water partition coefficient (Wildman–Crippen LogP) is 3.75. The fraction of sp³-hybridized carbons (Fsp3) is 1.00. The molecule has 3 atom stereocenters. The van der Waals surface area contributed by atoms with E-state index in [0.717, 1.165) is 6.54 Å². The third-order valence-corrected chi connectivity index (χ3v) is 3.58. The second-order valence-electron chi connectivity index (χ2n) is 6.72. The second kappa shape index (κ2) is 6.75. The number of hydrogen-bond acceptors (Lipinski definition) is 2. The van der Waals surface area contributed by atoms with Gasteiger partial charge in [0, 0.05) is 6.04 Å². The van der Waals surface area contributed by atoms with Crippen molar-refractivity contribution in [1.82, 2.24) is 5.32 Å². The predicted molar refractivity (Wildman–Crippen MR) is 74.3 cm³/mol. The van der Waals surface area contributed by atoms with Gasteiger partial charge in [0.2, 0.25) is 0 Å². The molecule has 0 aromatic carbocycles. The van der Waals surface area contributed by atoms with Crippen molar-refractivity contribution in [3.05, 3.63) is 0 Å². The van der Waals surface area contributed by atoms with Crippen LogP contribution in [0.4, 0.5) is 0 Å². The van der Waals surface area contributed by atoms with E-state index < -0.39 is 0 Å².